The molecule has 0 aliphatic rings. The van der Waals surface area contributed by atoms with Gasteiger partial charge in [0.2, 0.25) is 0 Å². The SMILES string of the molecule is COc1cccc(/C=C/n2cc(/C=C/c3ccccc3)nn2)c1. The largest absolute Gasteiger partial charge is 0.497 e. The van der Waals surface area contributed by atoms with E-state index in [4.69, 9.17) is 4.74 Å². The lowest BCUT2D eigenvalue weighted by Crippen LogP contribution is -1.86. The second-order valence-electron chi connectivity index (χ2n) is 4.96. The van der Waals surface area contributed by atoms with E-state index in [-0.39, 0.29) is 0 Å². The molecule has 0 fully saturated rings. The van der Waals surface area contributed by atoms with Gasteiger partial charge in [0.25, 0.3) is 0 Å². The van der Waals surface area contributed by atoms with Crippen LogP contribution in [0, 0.1) is 0 Å². The van der Waals surface area contributed by atoms with Gasteiger partial charge in [0, 0.05) is 6.20 Å². The molecule has 0 saturated carbocycles. The Hall–Kier alpha value is -3.14. The number of hydrogen-bond acceptors (Lipinski definition) is 3. The number of rotatable bonds is 5. The Labute approximate surface area is 135 Å². The third-order valence-electron chi connectivity index (χ3n) is 3.29. The number of benzene rings is 2. The van der Waals surface area contributed by atoms with Crippen LogP contribution in [0.3, 0.4) is 0 Å². The molecule has 1 heterocycles. The Balaban J connectivity index is 1.69. The quantitative estimate of drug-likeness (QED) is 0.713. The van der Waals surface area contributed by atoms with E-state index in [0.29, 0.717) is 0 Å². The maximum Gasteiger partial charge on any atom is 0.119 e. The van der Waals surface area contributed by atoms with Gasteiger partial charge in [-0.15, -0.1) is 5.10 Å². The van der Waals surface area contributed by atoms with Gasteiger partial charge in [0.15, 0.2) is 0 Å². The van der Waals surface area contributed by atoms with Gasteiger partial charge in [-0.1, -0.05) is 53.8 Å². The minimum atomic E-state index is 0.809. The maximum absolute atomic E-state index is 5.21. The third-order valence-corrected chi connectivity index (χ3v) is 3.29. The molecule has 0 unspecified atom stereocenters. The summed E-state index contributed by atoms with van der Waals surface area (Å²) in [5.74, 6) is 0.831. The van der Waals surface area contributed by atoms with Gasteiger partial charge in [0.1, 0.15) is 11.4 Å². The molecule has 4 heteroatoms. The topological polar surface area (TPSA) is 39.9 Å². The highest BCUT2D eigenvalue weighted by Gasteiger charge is 1.95. The molecule has 0 spiro atoms. The summed E-state index contributed by atoms with van der Waals surface area (Å²) in [4.78, 5) is 0. The van der Waals surface area contributed by atoms with Crippen molar-refractivity contribution in [2.24, 2.45) is 0 Å². The van der Waals surface area contributed by atoms with E-state index in [9.17, 15) is 0 Å². The molecule has 0 aliphatic heterocycles. The van der Waals surface area contributed by atoms with E-state index in [2.05, 4.69) is 10.3 Å². The van der Waals surface area contributed by atoms with Gasteiger partial charge < -0.3 is 4.74 Å². The first-order valence-corrected chi connectivity index (χ1v) is 7.31. The van der Waals surface area contributed by atoms with Gasteiger partial charge >= 0.3 is 0 Å². The van der Waals surface area contributed by atoms with E-state index in [1.165, 1.54) is 0 Å². The molecule has 1 aromatic heterocycles. The highest BCUT2D eigenvalue weighted by molar-refractivity contribution is 5.68. The molecule has 2 aromatic carbocycles. The van der Waals surface area contributed by atoms with Crippen LogP contribution in [-0.2, 0) is 0 Å². The van der Waals surface area contributed by atoms with Crippen molar-refractivity contribution in [3.8, 4) is 5.75 Å². The van der Waals surface area contributed by atoms with Crippen LogP contribution in [0.4, 0.5) is 0 Å². The molecule has 0 saturated heterocycles. The van der Waals surface area contributed by atoms with Crippen molar-refractivity contribution in [1.82, 2.24) is 15.0 Å². The van der Waals surface area contributed by atoms with Gasteiger partial charge in [-0.25, -0.2) is 4.68 Å². The van der Waals surface area contributed by atoms with Crippen LogP contribution in [0.5, 0.6) is 5.75 Å². The number of aromatic nitrogens is 3. The monoisotopic (exact) mass is 303 g/mol. The Kier molecular flexibility index (Phi) is 4.64. The van der Waals surface area contributed by atoms with Crippen molar-refractivity contribution in [1.29, 1.82) is 0 Å². The minimum absolute atomic E-state index is 0.809. The van der Waals surface area contributed by atoms with Gasteiger partial charge in [0.05, 0.1) is 13.3 Å². The summed E-state index contributed by atoms with van der Waals surface area (Å²) < 4.78 is 6.89. The summed E-state index contributed by atoms with van der Waals surface area (Å²) in [7, 11) is 1.66. The number of hydrogen-bond donors (Lipinski definition) is 0. The highest BCUT2D eigenvalue weighted by Crippen LogP contribution is 2.14. The zero-order chi connectivity index (χ0) is 15.9. The fourth-order valence-corrected chi connectivity index (χ4v) is 2.09. The molecule has 0 aliphatic carbocycles. The average Bonchev–Trinajstić information content (AvgIpc) is 3.07. The molecule has 0 amide bonds. The summed E-state index contributed by atoms with van der Waals surface area (Å²) in [6.07, 6.45) is 9.65. The van der Waals surface area contributed by atoms with E-state index in [1.807, 2.05) is 85.2 Å². The molecule has 114 valence electrons. The highest BCUT2D eigenvalue weighted by atomic mass is 16.5. The van der Waals surface area contributed by atoms with Crippen molar-refractivity contribution in [2.75, 3.05) is 7.11 Å². The van der Waals surface area contributed by atoms with Crippen molar-refractivity contribution in [3.05, 3.63) is 77.6 Å². The second-order valence-corrected chi connectivity index (χ2v) is 4.96. The van der Waals surface area contributed by atoms with Crippen molar-refractivity contribution in [2.45, 2.75) is 0 Å². The van der Waals surface area contributed by atoms with E-state index in [1.54, 1.807) is 11.8 Å². The molecule has 0 N–H and O–H groups in total. The standard InChI is InChI=1S/C19H17N3O/c1-23-19-9-5-8-17(14-19)12-13-22-15-18(20-21-22)11-10-16-6-3-2-4-7-16/h2-15H,1H3/b11-10+,13-12+. The van der Waals surface area contributed by atoms with Crippen LogP contribution in [-0.4, -0.2) is 22.1 Å². The minimum Gasteiger partial charge on any atom is -0.497 e. The molecular weight excluding hydrogens is 286 g/mol. The zero-order valence-electron chi connectivity index (χ0n) is 12.8. The van der Waals surface area contributed by atoms with Crippen LogP contribution < -0.4 is 4.74 Å². The fraction of sp³-hybridized carbons (Fsp3) is 0.0526. The molecule has 23 heavy (non-hydrogen) atoms. The van der Waals surface area contributed by atoms with Crippen LogP contribution in [0.25, 0.3) is 24.4 Å². The van der Waals surface area contributed by atoms with Gasteiger partial charge in [-0.2, -0.15) is 0 Å². The smallest absolute Gasteiger partial charge is 0.119 e. The summed E-state index contributed by atoms with van der Waals surface area (Å²) in [6.45, 7) is 0. The van der Waals surface area contributed by atoms with E-state index in [0.717, 1.165) is 22.6 Å². The van der Waals surface area contributed by atoms with Crippen LogP contribution in [0.15, 0.2) is 60.8 Å². The Morgan fingerprint density at radius 3 is 2.57 bits per heavy atom. The molecule has 0 bridgehead atoms. The van der Waals surface area contributed by atoms with Gasteiger partial charge in [-0.3, -0.25) is 0 Å². The lowest BCUT2D eigenvalue weighted by molar-refractivity contribution is 0.414. The first kappa shape index (κ1) is 14.8. The van der Waals surface area contributed by atoms with E-state index < -0.39 is 0 Å². The molecule has 3 aromatic rings. The van der Waals surface area contributed by atoms with E-state index >= 15 is 0 Å². The third kappa shape index (κ3) is 4.17. The van der Waals surface area contributed by atoms with Crippen molar-refractivity contribution in [3.63, 3.8) is 0 Å². The molecular formula is C19H17N3O. The number of methoxy groups -OCH3 is 1. The second kappa shape index (κ2) is 7.22. The first-order valence-electron chi connectivity index (χ1n) is 7.31. The number of nitrogens with zero attached hydrogens (tertiary/aromatic N) is 3. The Morgan fingerprint density at radius 1 is 0.913 bits per heavy atom. The van der Waals surface area contributed by atoms with Crippen LogP contribution >= 0.6 is 0 Å². The lowest BCUT2D eigenvalue weighted by atomic mass is 10.2. The van der Waals surface area contributed by atoms with Crippen LogP contribution in [0.1, 0.15) is 16.8 Å². The predicted octanol–water partition coefficient (Wildman–Crippen LogP) is 4.09. The Bertz CT molecular complexity index is 819. The molecule has 3 rings (SSSR count). The first-order chi connectivity index (χ1) is 11.3. The van der Waals surface area contributed by atoms with Crippen molar-refractivity contribution < 1.29 is 4.74 Å². The fourth-order valence-electron chi connectivity index (χ4n) is 2.09. The summed E-state index contributed by atoms with van der Waals surface area (Å²) >= 11 is 0. The van der Waals surface area contributed by atoms with Crippen LogP contribution in [0.2, 0.25) is 0 Å². The lowest BCUT2D eigenvalue weighted by Gasteiger charge is -1.99. The predicted molar refractivity (Wildman–Crippen MR) is 93.6 cm³/mol. The average molecular weight is 303 g/mol. The zero-order valence-corrected chi connectivity index (χ0v) is 12.8. The summed E-state index contributed by atoms with van der Waals surface area (Å²) in [6, 6.07) is 17.9. The van der Waals surface area contributed by atoms with Gasteiger partial charge in [-0.05, 0) is 35.4 Å². The normalized spacial score (nSPS) is 11.3. The maximum atomic E-state index is 5.21. The molecule has 0 atom stereocenters. The van der Waals surface area contributed by atoms with Crippen molar-refractivity contribution >= 4 is 24.4 Å². The Morgan fingerprint density at radius 2 is 1.74 bits per heavy atom. The summed E-state index contributed by atoms with van der Waals surface area (Å²) in [5.41, 5.74) is 2.99. The summed E-state index contributed by atoms with van der Waals surface area (Å²) in [5, 5.41) is 8.21. The molecule has 4 nitrogen and oxygen atoms in total. The number of ether oxygens (including phenoxy) is 1. The molecule has 0 radical (unpaired) electrons.